The number of carbonyl (C=O) groups excluding carboxylic acids is 2. The Morgan fingerprint density at radius 3 is 2.46 bits per heavy atom. The van der Waals surface area contributed by atoms with Gasteiger partial charge >= 0.3 is 5.97 Å². The number of amides is 1. The van der Waals surface area contributed by atoms with E-state index in [2.05, 4.69) is 0 Å². The van der Waals surface area contributed by atoms with E-state index < -0.39 is 21.9 Å². The lowest BCUT2D eigenvalue weighted by molar-refractivity contribution is 0.0727. The first kappa shape index (κ1) is 20.3. The van der Waals surface area contributed by atoms with Crippen LogP contribution in [0, 0.1) is 0 Å². The summed E-state index contributed by atoms with van der Waals surface area (Å²) in [5.41, 5.74) is 5.38. The van der Waals surface area contributed by atoms with Gasteiger partial charge in [-0.25, -0.2) is 13.2 Å². The predicted octanol–water partition coefficient (Wildman–Crippen LogP) is 1.68. The molecule has 1 fully saturated rings. The number of carbonyl (C=O) groups is 2. The normalized spacial score (nSPS) is 15.2. The van der Waals surface area contributed by atoms with Crippen molar-refractivity contribution < 1.29 is 27.5 Å². The van der Waals surface area contributed by atoms with Gasteiger partial charge in [-0.3, -0.25) is 4.79 Å². The fourth-order valence-corrected chi connectivity index (χ4v) is 4.54. The van der Waals surface area contributed by atoms with Crippen molar-refractivity contribution in [3.63, 3.8) is 0 Å². The van der Waals surface area contributed by atoms with Crippen LogP contribution in [0.3, 0.4) is 0 Å². The van der Waals surface area contributed by atoms with Crippen LogP contribution in [0.25, 0.3) is 0 Å². The summed E-state index contributed by atoms with van der Waals surface area (Å²) in [5, 5.41) is -0.00114. The first-order chi connectivity index (χ1) is 13.3. The lowest BCUT2D eigenvalue weighted by atomic mass is 10.2. The minimum Gasteiger partial charge on any atom is -0.423 e. The Kier molecular flexibility index (Phi) is 5.99. The number of esters is 1. The SMILES string of the molecule is NC(=O)c1cccc(OC(=O)c2ccc(Cl)c(S(=O)(=O)N3CCOCC3)c2)c1. The van der Waals surface area contributed by atoms with Crippen LogP contribution in [-0.2, 0) is 14.8 Å². The molecule has 0 radical (unpaired) electrons. The molecule has 1 heterocycles. The molecule has 2 aromatic carbocycles. The average molecular weight is 425 g/mol. The maximum absolute atomic E-state index is 12.8. The van der Waals surface area contributed by atoms with Crippen molar-refractivity contribution in [3.05, 3.63) is 58.6 Å². The van der Waals surface area contributed by atoms with E-state index in [1.54, 1.807) is 0 Å². The quantitative estimate of drug-likeness (QED) is 0.576. The minimum absolute atomic E-state index is 0.000660. The van der Waals surface area contributed by atoms with Crippen LogP contribution in [0.4, 0.5) is 0 Å². The molecule has 0 aromatic heterocycles. The summed E-state index contributed by atoms with van der Waals surface area (Å²) in [5.74, 6) is -1.35. The lowest BCUT2D eigenvalue weighted by Crippen LogP contribution is -2.40. The smallest absolute Gasteiger partial charge is 0.343 e. The standard InChI is InChI=1S/C18H17ClN2O6S/c19-15-5-4-13(11-16(15)28(24,25)21-6-8-26-9-7-21)18(23)27-14-3-1-2-12(10-14)17(20)22/h1-5,10-11H,6-9H2,(H2,20,22). The highest BCUT2D eigenvalue weighted by atomic mass is 35.5. The number of ether oxygens (including phenoxy) is 2. The molecule has 1 aliphatic rings. The van der Waals surface area contributed by atoms with Gasteiger partial charge in [-0.2, -0.15) is 4.31 Å². The van der Waals surface area contributed by atoms with Gasteiger partial charge < -0.3 is 15.2 Å². The summed E-state index contributed by atoms with van der Waals surface area (Å²) < 4.78 is 37.3. The number of nitrogens with two attached hydrogens (primary N) is 1. The van der Waals surface area contributed by atoms with E-state index in [9.17, 15) is 18.0 Å². The monoisotopic (exact) mass is 424 g/mol. The van der Waals surface area contributed by atoms with Gasteiger partial charge in [0.25, 0.3) is 0 Å². The van der Waals surface area contributed by atoms with Crippen molar-refractivity contribution in [2.24, 2.45) is 5.73 Å². The number of nitrogens with zero attached hydrogens (tertiary/aromatic N) is 1. The third-order valence-corrected chi connectivity index (χ3v) is 6.46. The molecule has 0 aliphatic carbocycles. The summed E-state index contributed by atoms with van der Waals surface area (Å²) in [6.07, 6.45) is 0. The van der Waals surface area contributed by atoms with Gasteiger partial charge in [0.2, 0.25) is 15.9 Å². The molecule has 0 unspecified atom stereocenters. The highest BCUT2D eigenvalue weighted by Gasteiger charge is 2.29. The summed E-state index contributed by atoms with van der Waals surface area (Å²) >= 11 is 6.08. The second kappa shape index (κ2) is 8.27. The van der Waals surface area contributed by atoms with E-state index in [4.69, 9.17) is 26.8 Å². The average Bonchev–Trinajstić information content (AvgIpc) is 2.69. The molecule has 0 saturated carbocycles. The second-order valence-electron chi connectivity index (χ2n) is 5.94. The molecule has 3 rings (SSSR count). The highest BCUT2D eigenvalue weighted by Crippen LogP contribution is 2.27. The third-order valence-electron chi connectivity index (χ3n) is 4.08. The van der Waals surface area contributed by atoms with Crippen LogP contribution in [-0.4, -0.2) is 50.9 Å². The van der Waals surface area contributed by atoms with E-state index in [1.807, 2.05) is 0 Å². The van der Waals surface area contributed by atoms with Crippen molar-refractivity contribution >= 4 is 33.5 Å². The number of benzene rings is 2. The molecule has 148 valence electrons. The Morgan fingerprint density at radius 2 is 1.79 bits per heavy atom. The summed E-state index contributed by atoms with van der Waals surface area (Å²) in [6.45, 7) is 0.976. The molecular formula is C18H17ClN2O6S. The number of halogens is 1. The van der Waals surface area contributed by atoms with Gasteiger partial charge in [0.15, 0.2) is 0 Å². The molecule has 1 saturated heterocycles. The molecule has 0 spiro atoms. The topological polar surface area (TPSA) is 116 Å². The highest BCUT2D eigenvalue weighted by molar-refractivity contribution is 7.89. The Labute approximate surface area is 166 Å². The van der Waals surface area contributed by atoms with Crippen LogP contribution in [0.5, 0.6) is 5.75 Å². The molecule has 2 aromatic rings. The minimum atomic E-state index is -3.89. The zero-order chi connectivity index (χ0) is 20.3. The Bertz CT molecular complexity index is 1020. The molecular weight excluding hydrogens is 408 g/mol. The summed E-state index contributed by atoms with van der Waals surface area (Å²) in [4.78, 5) is 23.5. The second-order valence-corrected chi connectivity index (χ2v) is 8.26. The summed E-state index contributed by atoms with van der Waals surface area (Å²) in [7, 11) is -3.89. The number of sulfonamides is 1. The van der Waals surface area contributed by atoms with E-state index in [1.165, 1.54) is 46.8 Å². The van der Waals surface area contributed by atoms with E-state index in [-0.39, 0.29) is 53.1 Å². The van der Waals surface area contributed by atoms with Crippen LogP contribution in [0.1, 0.15) is 20.7 Å². The Morgan fingerprint density at radius 1 is 1.07 bits per heavy atom. The van der Waals surface area contributed by atoms with E-state index >= 15 is 0 Å². The zero-order valence-corrected chi connectivity index (χ0v) is 16.2. The first-order valence-electron chi connectivity index (χ1n) is 8.28. The number of morpholine rings is 1. The molecule has 2 N–H and O–H groups in total. The van der Waals surface area contributed by atoms with Gasteiger partial charge in [-0.15, -0.1) is 0 Å². The van der Waals surface area contributed by atoms with Crippen LogP contribution in [0.2, 0.25) is 5.02 Å². The third kappa shape index (κ3) is 4.33. The number of primary amides is 1. The predicted molar refractivity (Wildman–Crippen MR) is 101 cm³/mol. The number of hydrogen-bond donors (Lipinski definition) is 1. The van der Waals surface area contributed by atoms with Gasteiger partial charge in [0.1, 0.15) is 10.6 Å². The Hall–Kier alpha value is -2.46. The van der Waals surface area contributed by atoms with Crippen molar-refractivity contribution in [3.8, 4) is 5.75 Å². The first-order valence-corrected chi connectivity index (χ1v) is 10.1. The van der Waals surface area contributed by atoms with Crippen molar-refractivity contribution in [1.82, 2.24) is 4.31 Å². The Balaban J connectivity index is 1.87. The molecule has 10 heteroatoms. The largest absolute Gasteiger partial charge is 0.423 e. The lowest BCUT2D eigenvalue weighted by Gasteiger charge is -2.26. The van der Waals surface area contributed by atoms with Gasteiger partial charge in [-0.05, 0) is 36.4 Å². The maximum atomic E-state index is 12.8. The maximum Gasteiger partial charge on any atom is 0.343 e. The van der Waals surface area contributed by atoms with Crippen molar-refractivity contribution in [1.29, 1.82) is 0 Å². The molecule has 1 aliphatic heterocycles. The molecule has 0 bridgehead atoms. The van der Waals surface area contributed by atoms with Crippen LogP contribution >= 0.6 is 11.6 Å². The molecule has 1 amide bonds. The zero-order valence-electron chi connectivity index (χ0n) is 14.6. The van der Waals surface area contributed by atoms with Crippen molar-refractivity contribution in [2.75, 3.05) is 26.3 Å². The van der Waals surface area contributed by atoms with E-state index in [0.29, 0.717) is 0 Å². The fourth-order valence-electron chi connectivity index (χ4n) is 2.63. The van der Waals surface area contributed by atoms with Crippen molar-refractivity contribution in [2.45, 2.75) is 4.90 Å². The van der Waals surface area contributed by atoms with E-state index in [0.717, 1.165) is 0 Å². The van der Waals surface area contributed by atoms with Crippen LogP contribution < -0.4 is 10.5 Å². The molecule has 0 atom stereocenters. The van der Waals surface area contributed by atoms with Gasteiger partial charge in [0.05, 0.1) is 23.8 Å². The number of hydrogen-bond acceptors (Lipinski definition) is 6. The summed E-state index contributed by atoms with van der Waals surface area (Å²) in [6, 6.07) is 9.65. The molecule has 28 heavy (non-hydrogen) atoms. The molecule has 8 nitrogen and oxygen atoms in total. The fraction of sp³-hybridized carbons (Fsp3) is 0.222. The van der Waals surface area contributed by atoms with Crippen LogP contribution in [0.15, 0.2) is 47.4 Å². The van der Waals surface area contributed by atoms with Gasteiger partial charge in [-0.1, -0.05) is 17.7 Å². The number of rotatable bonds is 5. The van der Waals surface area contributed by atoms with Gasteiger partial charge in [0, 0.05) is 18.7 Å².